The van der Waals surface area contributed by atoms with Crippen molar-refractivity contribution in [3.05, 3.63) is 27.2 Å². The van der Waals surface area contributed by atoms with Crippen LogP contribution in [0, 0.1) is 0 Å². The van der Waals surface area contributed by atoms with Gasteiger partial charge in [-0.15, -0.1) is 11.3 Å². The molecular formula is C14H16Br2N2O2S. The number of ether oxygens (including phenoxy) is 1. The number of halogens is 2. The van der Waals surface area contributed by atoms with E-state index in [1.54, 1.807) is 11.3 Å². The molecule has 1 aromatic carbocycles. The molecule has 114 valence electrons. The number of nitrogens with zero attached hydrogens (tertiary/aromatic N) is 1. The second-order valence-electron chi connectivity index (χ2n) is 5.33. The van der Waals surface area contributed by atoms with E-state index in [-0.39, 0.29) is 0 Å². The van der Waals surface area contributed by atoms with E-state index in [1.165, 1.54) is 5.56 Å². The first kappa shape index (κ1) is 16.7. The fourth-order valence-electron chi connectivity index (χ4n) is 2.09. The molecule has 0 aliphatic carbocycles. The Bertz CT molecular complexity index is 670. The number of nitrogens with two attached hydrogens (primary N) is 1. The number of aromatic nitrogens is 1. The van der Waals surface area contributed by atoms with Gasteiger partial charge in [0.25, 0.3) is 0 Å². The molecule has 0 bridgehead atoms. The number of thiazole rings is 1. The second kappa shape index (κ2) is 6.62. The number of benzene rings is 1. The quantitative estimate of drug-likeness (QED) is 0.707. The van der Waals surface area contributed by atoms with Crippen LogP contribution in [0.15, 0.2) is 16.6 Å². The number of carbonyl (C=O) groups excluding carboxylic acids is 1. The van der Waals surface area contributed by atoms with Crippen LogP contribution in [0.2, 0.25) is 0 Å². The lowest BCUT2D eigenvalue weighted by Gasteiger charge is -2.22. The highest BCUT2D eigenvalue weighted by molar-refractivity contribution is 9.10. The van der Waals surface area contributed by atoms with E-state index >= 15 is 0 Å². The average Bonchev–Trinajstić information content (AvgIpc) is 2.69. The number of primary amides is 1. The molecule has 0 saturated carbocycles. The minimum Gasteiger partial charge on any atom is -0.443 e. The van der Waals surface area contributed by atoms with E-state index in [9.17, 15) is 4.79 Å². The highest BCUT2D eigenvalue weighted by Gasteiger charge is 2.24. The van der Waals surface area contributed by atoms with Gasteiger partial charge >= 0.3 is 6.09 Å². The smallest absolute Gasteiger partial charge is 0.405 e. The van der Waals surface area contributed by atoms with Gasteiger partial charge in [0.05, 0.1) is 15.2 Å². The van der Waals surface area contributed by atoms with E-state index in [0.717, 1.165) is 31.4 Å². The van der Waals surface area contributed by atoms with Crippen molar-refractivity contribution in [1.29, 1.82) is 0 Å². The number of hydrogen-bond donors (Lipinski definition) is 1. The Morgan fingerprint density at radius 3 is 2.81 bits per heavy atom. The van der Waals surface area contributed by atoms with Crippen LogP contribution in [0.25, 0.3) is 10.2 Å². The molecule has 1 amide bonds. The van der Waals surface area contributed by atoms with Crippen molar-refractivity contribution in [2.24, 2.45) is 5.73 Å². The summed E-state index contributed by atoms with van der Waals surface area (Å²) in [6, 6.07) is 4.25. The number of amides is 1. The third-order valence-corrected chi connectivity index (χ3v) is 4.89. The van der Waals surface area contributed by atoms with Gasteiger partial charge in [0.15, 0.2) is 0 Å². The van der Waals surface area contributed by atoms with E-state index in [2.05, 4.69) is 49.0 Å². The minimum atomic E-state index is -0.762. The minimum absolute atomic E-state index is 0.537. The van der Waals surface area contributed by atoms with Crippen LogP contribution in [-0.2, 0) is 17.6 Å². The molecule has 21 heavy (non-hydrogen) atoms. The average molecular weight is 436 g/mol. The van der Waals surface area contributed by atoms with Gasteiger partial charge in [0, 0.05) is 16.2 Å². The maximum absolute atomic E-state index is 10.9. The van der Waals surface area contributed by atoms with Crippen molar-refractivity contribution in [2.75, 3.05) is 5.33 Å². The molecule has 2 N–H and O–H groups in total. The summed E-state index contributed by atoms with van der Waals surface area (Å²) in [4.78, 5) is 15.6. The fraction of sp³-hybridized carbons (Fsp3) is 0.429. The summed E-state index contributed by atoms with van der Waals surface area (Å²) in [6.07, 6.45) is 0.745. The Morgan fingerprint density at radius 1 is 1.48 bits per heavy atom. The summed E-state index contributed by atoms with van der Waals surface area (Å²) < 4.78 is 7.24. The zero-order valence-corrected chi connectivity index (χ0v) is 15.8. The highest BCUT2D eigenvalue weighted by Crippen LogP contribution is 2.32. The Balaban J connectivity index is 2.30. The molecule has 0 fully saturated rings. The molecule has 0 radical (unpaired) electrons. The zero-order valence-electron chi connectivity index (χ0n) is 11.8. The Morgan fingerprint density at radius 2 is 2.19 bits per heavy atom. The van der Waals surface area contributed by atoms with Gasteiger partial charge in [-0.05, 0) is 53.9 Å². The molecule has 0 atom stereocenters. The van der Waals surface area contributed by atoms with E-state index in [4.69, 9.17) is 10.5 Å². The van der Waals surface area contributed by atoms with Gasteiger partial charge in [-0.2, -0.15) is 0 Å². The van der Waals surface area contributed by atoms with Gasteiger partial charge in [-0.3, -0.25) is 0 Å². The van der Waals surface area contributed by atoms with Gasteiger partial charge in [-0.25, -0.2) is 9.78 Å². The first-order valence-electron chi connectivity index (χ1n) is 6.43. The lowest BCUT2D eigenvalue weighted by molar-refractivity contribution is 0.0460. The zero-order chi connectivity index (χ0) is 15.6. The first-order valence-corrected chi connectivity index (χ1v) is 9.16. The van der Waals surface area contributed by atoms with Crippen LogP contribution in [0.5, 0.6) is 0 Å². The van der Waals surface area contributed by atoms with Crippen LogP contribution in [0.1, 0.15) is 24.4 Å². The largest absolute Gasteiger partial charge is 0.443 e. The maximum atomic E-state index is 10.9. The number of aryl methyl sites for hydroxylation is 1. The van der Waals surface area contributed by atoms with Crippen LogP contribution in [0.4, 0.5) is 4.79 Å². The molecular weight excluding hydrogens is 420 g/mol. The van der Waals surface area contributed by atoms with Crippen molar-refractivity contribution in [2.45, 2.75) is 32.3 Å². The Labute approximate surface area is 144 Å². The first-order chi connectivity index (χ1) is 9.80. The molecule has 0 saturated heterocycles. The molecule has 4 nitrogen and oxygen atoms in total. The molecule has 0 aliphatic heterocycles. The summed E-state index contributed by atoms with van der Waals surface area (Å²) in [6.45, 7) is 3.66. The van der Waals surface area contributed by atoms with Crippen molar-refractivity contribution in [3.63, 3.8) is 0 Å². The summed E-state index contributed by atoms with van der Waals surface area (Å²) in [7, 11) is 0. The Hall–Kier alpha value is -0.660. The lowest BCUT2D eigenvalue weighted by atomic mass is 10.1. The highest BCUT2D eigenvalue weighted by atomic mass is 79.9. The number of carbonyl (C=O) groups is 1. The molecule has 1 heterocycles. The van der Waals surface area contributed by atoms with Gasteiger partial charge < -0.3 is 10.5 Å². The van der Waals surface area contributed by atoms with Crippen molar-refractivity contribution in [3.8, 4) is 0 Å². The molecule has 1 aromatic heterocycles. The Kier molecular flexibility index (Phi) is 5.27. The molecule has 7 heteroatoms. The van der Waals surface area contributed by atoms with Crippen LogP contribution in [-0.4, -0.2) is 22.0 Å². The SMILES string of the molecule is CC(C)(Cc1nc2c(Br)cc(CCBr)cc2s1)OC(N)=O. The molecule has 0 aliphatic rings. The summed E-state index contributed by atoms with van der Waals surface area (Å²) >= 11 is 8.65. The van der Waals surface area contributed by atoms with Crippen molar-refractivity contribution < 1.29 is 9.53 Å². The summed E-state index contributed by atoms with van der Waals surface area (Å²) in [5, 5.41) is 1.85. The summed E-state index contributed by atoms with van der Waals surface area (Å²) in [5.74, 6) is 0. The maximum Gasteiger partial charge on any atom is 0.405 e. The topological polar surface area (TPSA) is 65.2 Å². The number of fused-ring (bicyclic) bond motifs is 1. The van der Waals surface area contributed by atoms with Gasteiger partial charge in [0.2, 0.25) is 0 Å². The standard InChI is InChI=1S/C14H16Br2N2O2S/c1-14(2,20-13(17)19)7-11-18-12-9(16)5-8(3-4-15)6-10(12)21-11/h5-6H,3-4,7H2,1-2H3,(H2,17,19). The predicted molar refractivity (Wildman–Crippen MR) is 93.3 cm³/mol. The second-order valence-corrected chi connectivity index (χ2v) is 8.09. The number of rotatable bonds is 5. The van der Waals surface area contributed by atoms with Crippen LogP contribution >= 0.6 is 43.2 Å². The molecule has 0 unspecified atom stereocenters. The number of hydrogen-bond acceptors (Lipinski definition) is 4. The molecule has 0 spiro atoms. The van der Waals surface area contributed by atoms with Gasteiger partial charge in [-0.1, -0.05) is 15.9 Å². The van der Waals surface area contributed by atoms with Crippen LogP contribution < -0.4 is 5.73 Å². The third-order valence-electron chi connectivity index (χ3n) is 2.89. The molecule has 2 aromatic rings. The lowest BCUT2D eigenvalue weighted by Crippen LogP contribution is -2.33. The normalized spacial score (nSPS) is 11.8. The third kappa shape index (κ3) is 4.40. The number of alkyl halides is 1. The van der Waals surface area contributed by atoms with Crippen molar-refractivity contribution >= 4 is 59.5 Å². The van der Waals surface area contributed by atoms with Gasteiger partial charge in [0.1, 0.15) is 5.60 Å². The summed E-state index contributed by atoms with van der Waals surface area (Å²) in [5.41, 5.74) is 6.64. The molecule has 2 rings (SSSR count). The van der Waals surface area contributed by atoms with Crippen LogP contribution in [0.3, 0.4) is 0 Å². The predicted octanol–water partition coefficient (Wildman–Crippen LogP) is 4.41. The van der Waals surface area contributed by atoms with Crippen molar-refractivity contribution in [1.82, 2.24) is 4.98 Å². The van der Waals surface area contributed by atoms with E-state index in [1.807, 2.05) is 13.8 Å². The fourth-order valence-corrected chi connectivity index (χ4v) is 4.55. The van der Waals surface area contributed by atoms with E-state index < -0.39 is 11.7 Å². The monoisotopic (exact) mass is 434 g/mol. The van der Waals surface area contributed by atoms with E-state index in [0.29, 0.717) is 6.42 Å².